The van der Waals surface area contributed by atoms with Crippen molar-refractivity contribution in [1.82, 2.24) is 9.80 Å². The zero-order valence-electron chi connectivity index (χ0n) is 10.7. The van der Waals surface area contributed by atoms with E-state index in [2.05, 4.69) is 27.7 Å². The molecule has 0 spiro atoms. The second kappa shape index (κ2) is 5.55. The van der Waals surface area contributed by atoms with Crippen LogP contribution in [0.4, 0.5) is 0 Å². The fourth-order valence-corrected chi connectivity index (χ4v) is 2.06. The summed E-state index contributed by atoms with van der Waals surface area (Å²) >= 11 is 0. The molecule has 0 fully saturated rings. The molecule has 0 aromatic heterocycles. The predicted molar refractivity (Wildman–Crippen MR) is 64.2 cm³/mol. The number of aliphatic hydroxyl groups excluding tert-OH is 1. The van der Waals surface area contributed by atoms with Crippen molar-refractivity contribution >= 4 is 0 Å². The highest BCUT2D eigenvalue weighted by Crippen LogP contribution is 2.20. The summed E-state index contributed by atoms with van der Waals surface area (Å²) in [6.07, 6.45) is 2.25. The van der Waals surface area contributed by atoms with Gasteiger partial charge in [-0.25, -0.2) is 0 Å². The summed E-state index contributed by atoms with van der Waals surface area (Å²) in [6.45, 7) is 10.2. The normalized spacial score (nSPS) is 17.6. The van der Waals surface area contributed by atoms with E-state index >= 15 is 0 Å². The van der Waals surface area contributed by atoms with Gasteiger partial charge in [0.25, 0.3) is 0 Å². The van der Waals surface area contributed by atoms with Crippen molar-refractivity contribution < 1.29 is 10.2 Å². The Labute approximate surface area is 98.2 Å². The smallest absolute Gasteiger partial charge is 0.191 e. The molecule has 1 heterocycles. The molecule has 4 nitrogen and oxygen atoms in total. The first kappa shape index (κ1) is 13.3. The van der Waals surface area contributed by atoms with Gasteiger partial charge in [-0.1, -0.05) is 27.7 Å². The van der Waals surface area contributed by atoms with Gasteiger partial charge in [-0.3, -0.25) is 0 Å². The highest BCUT2D eigenvalue weighted by molar-refractivity contribution is 4.98. The molecule has 0 radical (unpaired) electrons. The van der Waals surface area contributed by atoms with Gasteiger partial charge in [-0.2, -0.15) is 0 Å². The lowest BCUT2D eigenvalue weighted by molar-refractivity contribution is -0.126. The maximum Gasteiger partial charge on any atom is 0.191 e. The lowest BCUT2D eigenvalue weighted by Gasteiger charge is -2.35. The minimum Gasteiger partial charge on any atom is -0.365 e. The van der Waals surface area contributed by atoms with Crippen molar-refractivity contribution in [2.75, 3.05) is 13.1 Å². The Bertz CT molecular complexity index is 219. The number of hydrogen-bond acceptors (Lipinski definition) is 4. The summed E-state index contributed by atoms with van der Waals surface area (Å²) in [7, 11) is 0. The quantitative estimate of drug-likeness (QED) is 0.690. The Morgan fingerprint density at radius 2 is 1.31 bits per heavy atom. The standard InChI is InChI=1S/C12H24N2O2/c1-9(2)7-13-5-6-14(8-10(3)4)11(13)12(15)16/h5-6,9-12,15-16H,7-8H2,1-4H3. The first-order valence-electron chi connectivity index (χ1n) is 5.97. The van der Waals surface area contributed by atoms with Crippen molar-refractivity contribution in [1.29, 1.82) is 0 Å². The van der Waals surface area contributed by atoms with Crippen LogP contribution in [0, 0.1) is 11.8 Å². The van der Waals surface area contributed by atoms with Crippen LogP contribution in [0.25, 0.3) is 0 Å². The fraction of sp³-hybridized carbons (Fsp3) is 0.833. The molecule has 0 saturated carbocycles. The van der Waals surface area contributed by atoms with E-state index < -0.39 is 6.29 Å². The van der Waals surface area contributed by atoms with Crippen molar-refractivity contribution in [3.8, 4) is 0 Å². The van der Waals surface area contributed by atoms with Gasteiger partial charge in [0.2, 0.25) is 0 Å². The van der Waals surface area contributed by atoms with E-state index in [4.69, 9.17) is 0 Å². The molecule has 1 rings (SSSR count). The highest BCUT2D eigenvalue weighted by atomic mass is 16.5. The van der Waals surface area contributed by atoms with Crippen LogP contribution < -0.4 is 0 Å². The third-order valence-electron chi connectivity index (χ3n) is 2.55. The van der Waals surface area contributed by atoms with E-state index in [-0.39, 0.29) is 6.17 Å². The molecule has 1 aliphatic heterocycles. The molecule has 0 amide bonds. The monoisotopic (exact) mass is 228 g/mol. The summed E-state index contributed by atoms with van der Waals surface area (Å²) < 4.78 is 0. The number of aliphatic hydroxyl groups is 2. The Hall–Kier alpha value is -0.740. The van der Waals surface area contributed by atoms with Crippen LogP contribution in [0.15, 0.2) is 12.4 Å². The second-order valence-electron chi connectivity index (χ2n) is 5.31. The van der Waals surface area contributed by atoms with E-state index in [9.17, 15) is 10.2 Å². The summed E-state index contributed by atoms with van der Waals surface area (Å²) in [4.78, 5) is 4.00. The van der Waals surface area contributed by atoms with Crippen LogP contribution in [0.5, 0.6) is 0 Å². The largest absolute Gasteiger partial charge is 0.365 e. The second-order valence-corrected chi connectivity index (χ2v) is 5.31. The Balaban J connectivity index is 2.65. The minimum absolute atomic E-state index is 0.329. The van der Waals surface area contributed by atoms with Gasteiger partial charge < -0.3 is 20.0 Å². The molecule has 94 valence electrons. The first-order chi connectivity index (χ1) is 7.41. The topological polar surface area (TPSA) is 46.9 Å². The molecule has 0 aromatic carbocycles. The molecule has 2 N–H and O–H groups in total. The molecule has 0 atom stereocenters. The van der Waals surface area contributed by atoms with E-state index in [1.165, 1.54) is 0 Å². The van der Waals surface area contributed by atoms with Gasteiger partial charge in [-0.05, 0) is 11.8 Å². The van der Waals surface area contributed by atoms with Gasteiger partial charge in [-0.15, -0.1) is 0 Å². The average Bonchev–Trinajstić information content (AvgIpc) is 2.45. The van der Waals surface area contributed by atoms with Crippen molar-refractivity contribution in [2.24, 2.45) is 11.8 Å². The number of nitrogens with zero attached hydrogens (tertiary/aromatic N) is 2. The van der Waals surface area contributed by atoms with Crippen molar-refractivity contribution in [2.45, 2.75) is 40.2 Å². The zero-order valence-corrected chi connectivity index (χ0v) is 10.7. The lowest BCUT2D eigenvalue weighted by atomic mass is 10.2. The maximum atomic E-state index is 9.45. The van der Waals surface area contributed by atoms with Gasteiger partial charge in [0.1, 0.15) is 0 Å². The molecule has 0 aliphatic carbocycles. The van der Waals surface area contributed by atoms with E-state index in [0.29, 0.717) is 11.8 Å². The molecule has 0 saturated heterocycles. The molecular formula is C12H24N2O2. The zero-order chi connectivity index (χ0) is 12.3. The lowest BCUT2D eigenvalue weighted by Crippen LogP contribution is -2.49. The van der Waals surface area contributed by atoms with E-state index in [0.717, 1.165) is 13.1 Å². The van der Waals surface area contributed by atoms with Crippen LogP contribution in [0.1, 0.15) is 27.7 Å². The first-order valence-corrected chi connectivity index (χ1v) is 5.97. The van der Waals surface area contributed by atoms with Crippen LogP contribution in [-0.2, 0) is 0 Å². The average molecular weight is 228 g/mol. The molecule has 0 bridgehead atoms. The molecule has 0 unspecified atom stereocenters. The SMILES string of the molecule is CC(C)CN1C=CN(CC(C)C)C1C(O)O. The molecule has 4 heteroatoms. The van der Waals surface area contributed by atoms with Crippen LogP contribution in [0.3, 0.4) is 0 Å². The van der Waals surface area contributed by atoms with E-state index in [1.807, 2.05) is 22.2 Å². The highest BCUT2D eigenvalue weighted by Gasteiger charge is 2.31. The van der Waals surface area contributed by atoms with Crippen LogP contribution >= 0.6 is 0 Å². The summed E-state index contributed by atoms with van der Waals surface area (Å²) in [5.41, 5.74) is 0. The summed E-state index contributed by atoms with van der Waals surface area (Å²) in [5, 5.41) is 18.9. The number of hydrogen-bond donors (Lipinski definition) is 2. The van der Waals surface area contributed by atoms with Crippen LogP contribution in [-0.4, -0.2) is 45.6 Å². The molecule has 16 heavy (non-hydrogen) atoms. The Kier molecular flexibility index (Phi) is 4.62. The minimum atomic E-state index is -1.33. The van der Waals surface area contributed by atoms with Crippen molar-refractivity contribution in [3.63, 3.8) is 0 Å². The van der Waals surface area contributed by atoms with Gasteiger partial charge in [0.05, 0.1) is 0 Å². The van der Waals surface area contributed by atoms with Gasteiger partial charge in [0, 0.05) is 25.5 Å². The molecular weight excluding hydrogens is 204 g/mol. The van der Waals surface area contributed by atoms with Crippen LogP contribution in [0.2, 0.25) is 0 Å². The van der Waals surface area contributed by atoms with Gasteiger partial charge in [0.15, 0.2) is 12.5 Å². The maximum absolute atomic E-state index is 9.45. The molecule has 1 aliphatic rings. The Morgan fingerprint density at radius 3 is 1.56 bits per heavy atom. The third kappa shape index (κ3) is 3.39. The van der Waals surface area contributed by atoms with Crippen molar-refractivity contribution in [3.05, 3.63) is 12.4 Å². The third-order valence-corrected chi connectivity index (χ3v) is 2.55. The summed E-state index contributed by atoms with van der Waals surface area (Å²) in [5.74, 6) is 1.01. The molecule has 0 aromatic rings. The Morgan fingerprint density at radius 1 is 0.938 bits per heavy atom. The van der Waals surface area contributed by atoms with E-state index in [1.54, 1.807) is 0 Å². The summed E-state index contributed by atoms with van der Waals surface area (Å²) in [6, 6.07) is 0. The number of rotatable bonds is 5. The predicted octanol–water partition coefficient (Wildman–Crippen LogP) is 1.02. The van der Waals surface area contributed by atoms with Gasteiger partial charge >= 0.3 is 0 Å². The fourth-order valence-electron chi connectivity index (χ4n) is 2.06.